The van der Waals surface area contributed by atoms with Gasteiger partial charge >= 0.3 is 0 Å². The van der Waals surface area contributed by atoms with Crippen LogP contribution >= 0.6 is 15.9 Å². The predicted molar refractivity (Wildman–Crippen MR) is 119 cm³/mol. The van der Waals surface area contributed by atoms with Crippen molar-refractivity contribution in [2.75, 3.05) is 0 Å². The number of H-pyrrole nitrogens is 1. The van der Waals surface area contributed by atoms with Crippen molar-refractivity contribution in [3.8, 4) is 0 Å². The Morgan fingerprint density at radius 1 is 1.30 bits per heavy atom. The molecule has 3 nitrogen and oxygen atoms in total. The number of aromatic nitrogens is 2. The number of nitrogens with zero attached hydrogens (tertiary/aromatic N) is 1. The number of nitrogens with one attached hydrogen (secondary N) is 1. The van der Waals surface area contributed by atoms with Gasteiger partial charge in [-0.3, -0.25) is 9.89 Å². The van der Waals surface area contributed by atoms with Crippen LogP contribution in [-0.2, 0) is 4.79 Å². The first-order valence-corrected chi connectivity index (χ1v) is 10.2. The molecule has 0 aliphatic heterocycles. The quantitative estimate of drug-likeness (QED) is 0.640. The van der Waals surface area contributed by atoms with E-state index in [0.29, 0.717) is 5.92 Å². The number of rotatable bonds is 6. The summed E-state index contributed by atoms with van der Waals surface area (Å²) in [5.74, 6) is 0.774. The summed E-state index contributed by atoms with van der Waals surface area (Å²) in [5, 5.41) is 8.57. The summed E-state index contributed by atoms with van der Waals surface area (Å²) in [5.41, 5.74) is 3.05. The number of aromatic amines is 1. The summed E-state index contributed by atoms with van der Waals surface area (Å²) < 4.78 is 1.17. The topological polar surface area (TPSA) is 45.8 Å². The summed E-state index contributed by atoms with van der Waals surface area (Å²) in [7, 11) is 0. The number of allylic oxidation sites excluding steroid dienone is 2. The molecule has 0 aliphatic carbocycles. The first kappa shape index (κ1) is 23.1. The van der Waals surface area contributed by atoms with E-state index >= 15 is 0 Å². The monoisotopic (exact) mass is 430 g/mol. The number of hydrogen-bond acceptors (Lipinski definition) is 2. The van der Waals surface area contributed by atoms with Crippen molar-refractivity contribution in [1.82, 2.24) is 10.2 Å². The standard InChI is InChI=1S/C12H17Br.C11H14N2O/c1-3-4-5-10(2)11-6-8-12(13)9-7-11;1-7(10(4)14)5-6-11-8(2)9(3)12-13-11/h6-10H,3-5H2,1-2H3;5-6,13H,2H2,1,3-4H3/b;7-5+,11-6+/t10-;/m0./s1. The molecule has 1 aromatic heterocycles. The number of ketones is 1. The summed E-state index contributed by atoms with van der Waals surface area (Å²) in [6.45, 7) is 13.6. The molecule has 0 amide bonds. The summed E-state index contributed by atoms with van der Waals surface area (Å²) >= 11 is 3.45. The van der Waals surface area contributed by atoms with Crippen LogP contribution in [0.5, 0.6) is 0 Å². The van der Waals surface area contributed by atoms with Gasteiger partial charge in [0.25, 0.3) is 0 Å². The predicted octanol–water partition coefficient (Wildman–Crippen LogP) is 5.19. The minimum Gasteiger partial charge on any atom is -0.295 e. The molecule has 0 saturated heterocycles. The summed E-state index contributed by atoms with van der Waals surface area (Å²) in [6, 6.07) is 8.67. The van der Waals surface area contributed by atoms with Crippen LogP contribution in [-0.4, -0.2) is 16.0 Å². The highest BCUT2D eigenvalue weighted by atomic mass is 79.9. The van der Waals surface area contributed by atoms with E-state index in [1.807, 2.05) is 13.0 Å². The third-order valence-corrected chi connectivity index (χ3v) is 5.12. The Morgan fingerprint density at radius 3 is 2.41 bits per heavy atom. The number of halogens is 1. The van der Waals surface area contributed by atoms with Crippen LogP contribution in [0.25, 0.3) is 12.7 Å². The second-order valence-corrected chi connectivity index (χ2v) is 7.78. The zero-order valence-corrected chi connectivity index (χ0v) is 18.7. The smallest absolute Gasteiger partial charge is 0.155 e. The molecule has 0 radical (unpaired) electrons. The molecular formula is C23H31BrN2O. The third kappa shape index (κ3) is 8.08. The molecule has 0 unspecified atom stereocenters. The number of carbonyl (C=O) groups is 1. The van der Waals surface area contributed by atoms with Gasteiger partial charge in [-0.25, -0.2) is 0 Å². The Balaban J connectivity index is 0.000000271. The van der Waals surface area contributed by atoms with Gasteiger partial charge in [-0.2, -0.15) is 5.10 Å². The van der Waals surface area contributed by atoms with Crippen molar-refractivity contribution in [1.29, 1.82) is 0 Å². The molecule has 0 bridgehead atoms. The minimum absolute atomic E-state index is 0.0723. The van der Waals surface area contributed by atoms with E-state index in [1.54, 1.807) is 19.9 Å². The van der Waals surface area contributed by atoms with Gasteiger partial charge in [-0.15, -0.1) is 0 Å². The fraction of sp³-hybridized carbons (Fsp3) is 0.391. The highest BCUT2D eigenvalue weighted by Crippen LogP contribution is 2.22. The van der Waals surface area contributed by atoms with Crippen molar-refractivity contribution < 1.29 is 4.79 Å². The maximum absolute atomic E-state index is 10.9. The number of carbonyl (C=O) groups excluding carboxylic acids is 1. The van der Waals surface area contributed by atoms with E-state index < -0.39 is 0 Å². The SMILES string of the molecule is C=c1c(C)n[nH]/c1=C/C=C(\C)C(C)=O.CCCC[C@H](C)c1ccc(Br)cc1. The van der Waals surface area contributed by atoms with E-state index in [2.05, 4.69) is 70.8 Å². The average Bonchev–Trinajstić information content (AvgIpc) is 2.97. The maximum atomic E-state index is 10.9. The lowest BCUT2D eigenvalue weighted by Crippen LogP contribution is -2.21. The van der Waals surface area contributed by atoms with E-state index in [9.17, 15) is 4.79 Å². The zero-order valence-electron chi connectivity index (χ0n) is 17.1. The maximum Gasteiger partial charge on any atom is 0.155 e. The van der Waals surface area contributed by atoms with Gasteiger partial charge in [0.1, 0.15) is 0 Å². The molecule has 1 aromatic carbocycles. The lowest BCUT2D eigenvalue weighted by atomic mass is 9.96. The molecule has 1 N–H and O–H groups in total. The van der Waals surface area contributed by atoms with Gasteiger partial charge in [0.2, 0.25) is 0 Å². The van der Waals surface area contributed by atoms with Crippen molar-refractivity contribution in [2.24, 2.45) is 0 Å². The van der Waals surface area contributed by atoms with Crippen molar-refractivity contribution in [3.63, 3.8) is 0 Å². The van der Waals surface area contributed by atoms with Gasteiger partial charge < -0.3 is 0 Å². The second kappa shape index (κ2) is 11.7. The molecule has 2 rings (SSSR count). The van der Waals surface area contributed by atoms with Crippen LogP contribution in [0.1, 0.15) is 64.1 Å². The average molecular weight is 431 g/mol. The Kier molecular flexibility index (Phi) is 10.0. The van der Waals surface area contributed by atoms with E-state index in [4.69, 9.17) is 0 Å². The molecule has 1 heterocycles. The Hall–Kier alpha value is -1.94. The summed E-state index contributed by atoms with van der Waals surface area (Å²) in [4.78, 5) is 10.9. The lowest BCUT2D eigenvalue weighted by Gasteiger charge is -2.10. The molecular weight excluding hydrogens is 400 g/mol. The van der Waals surface area contributed by atoms with Gasteiger partial charge in [-0.05, 0) is 62.5 Å². The van der Waals surface area contributed by atoms with Crippen LogP contribution in [0.15, 0.2) is 40.4 Å². The highest BCUT2D eigenvalue weighted by molar-refractivity contribution is 9.10. The van der Waals surface area contributed by atoms with Gasteiger partial charge in [0.05, 0.1) is 11.0 Å². The zero-order chi connectivity index (χ0) is 20.4. The molecule has 27 heavy (non-hydrogen) atoms. The van der Waals surface area contributed by atoms with Crippen LogP contribution in [0.2, 0.25) is 0 Å². The van der Waals surface area contributed by atoms with Crippen LogP contribution in [0.4, 0.5) is 0 Å². The molecule has 1 atom stereocenters. The van der Waals surface area contributed by atoms with Crippen molar-refractivity contribution >= 4 is 34.4 Å². The number of hydrogen-bond donors (Lipinski definition) is 1. The van der Waals surface area contributed by atoms with E-state index in [-0.39, 0.29) is 5.78 Å². The van der Waals surface area contributed by atoms with E-state index in [0.717, 1.165) is 21.8 Å². The Morgan fingerprint density at radius 2 is 1.93 bits per heavy atom. The largest absolute Gasteiger partial charge is 0.295 e. The van der Waals surface area contributed by atoms with Gasteiger partial charge in [0.15, 0.2) is 5.78 Å². The van der Waals surface area contributed by atoms with Crippen LogP contribution in [0, 0.1) is 6.92 Å². The Labute approximate surface area is 171 Å². The molecule has 0 fully saturated rings. The fourth-order valence-electron chi connectivity index (χ4n) is 2.41. The van der Waals surface area contributed by atoms with Crippen molar-refractivity contribution in [2.45, 2.75) is 59.8 Å². The normalized spacial score (nSPS) is 13.1. The first-order chi connectivity index (χ1) is 12.8. The molecule has 0 aliphatic rings. The Bertz CT molecular complexity index is 863. The summed E-state index contributed by atoms with van der Waals surface area (Å²) in [6.07, 6.45) is 7.51. The van der Waals surface area contributed by atoms with Crippen LogP contribution in [0.3, 0.4) is 0 Å². The third-order valence-electron chi connectivity index (χ3n) is 4.59. The first-order valence-electron chi connectivity index (χ1n) is 9.41. The highest BCUT2D eigenvalue weighted by Gasteiger charge is 2.03. The van der Waals surface area contributed by atoms with E-state index in [1.165, 1.54) is 29.3 Å². The number of unbranched alkanes of at least 4 members (excludes halogenated alkanes) is 1. The number of benzene rings is 1. The molecule has 2 aromatic rings. The molecule has 4 heteroatoms. The van der Waals surface area contributed by atoms with Crippen LogP contribution < -0.4 is 10.6 Å². The molecule has 146 valence electrons. The lowest BCUT2D eigenvalue weighted by molar-refractivity contribution is -0.113. The van der Waals surface area contributed by atoms with Gasteiger partial charge in [0, 0.05) is 9.69 Å². The fourth-order valence-corrected chi connectivity index (χ4v) is 2.67. The number of Topliss-reactive ketones (excluding diaryl/α,β-unsaturated/α-hetero) is 1. The molecule has 0 saturated carbocycles. The minimum atomic E-state index is 0.0723. The number of aryl methyl sites for hydroxylation is 1. The molecule has 0 spiro atoms. The van der Waals surface area contributed by atoms with Gasteiger partial charge in [-0.1, -0.05) is 67.4 Å². The van der Waals surface area contributed by atoms with Crippen molar-refractivity contribution in [3.05, 3.63) is 62.2 Å². The second-order valence-electron chi connectivity index (χ2n) is 6.87.